The molecule has 1 unspecified atom stereocenters. The Bertz CT molecular complexity index is 734. The molecule has 2 aromatic rings. The monoisotopic (exact) mass is 292 g/mol. The highest BCUT2D eigenvalue weighted by Gasteiger charge is 2.35. The van der Waals surface area contributed by atoms with E-state index in [4.69, 9.17) is 16.9 Å². The van der Waals surface area contributed by atoms with E-state index in [1.54, 1.807) is 4.90 Å². The molecule has 0 saturated heterocycles. The molecular weight excluding hydrogens is 276 g/mol. The van der Waals surface area contributed by atoms with Gasteiger partial charge in [0.25, 0.3) is 5.91 Å². The molecule has 22 heavy (non-hydrogen) atoms. The van der Waals surface area contributed by atoms with Crippen LogP contribution in [0.4, 0.5) is 5.69 Å². The molecule has 1 atom stereocenters. The standard InChI is InChI=1S/C18H16N2O2/c1-2-10-20-15-9-8-13(12-19)11-16(15)22-17(18(20)21)14-6-4-3-5-7-14/h1,3-9,11,17H,10,12,19H2. The number of carbonyl (C=O) groups is 1. The van der Waals surface area contributed by atoms with Crippen molar-refractivity contribution in [1.82, 2.24) is 0 Å². The molecule has 4 nitrogen and oxygen atoms in total. The summed E-state index contributed by atoms with van der Waals surface area (Å²) in [6, 6.07) is 15.0. The second kappa shape index (κ2) is 5.92. The minimum atomic E-state index is -0.685. The maximum atomic E-state index is 12.7. The normalized spacial score (nSPS) is 16.6. The number of benzene rings is 2. The molecule has 1 amide bonds. The van der Waals surface area contributed by atoms with Gasteiger partial charge < -0.3 is 10.5 Å². The van der Waals surface area contributed by atoms with Crippen molar-refractivity contribution in [2.75, 3.05) is 11.4 Å². The van der Waals surface area contributed by atoms with Crippen molar-refractivity contribution in [3.05, 3.63) is 59.7 Å². The number of ether oxygens (including phenoxy) is 1. The van der Waals surface area contributed by atoms with Gasteiger partial charge in [0.05, 0.1) is 12.2 Å². The largest absolute Gasteiger partial charge is 0.474 e. The summed E-state index contributed by atoms with van der Waals surface area (Å²) in [5, 5.41) is 0. The summed E-state index contributed by atoms with van der Waals surface area (Å²) in [7, 11) is 0. The zero-order chi connectivity index (χ0) is 15.5. The molecule has 2 aromatic carbocycles. The van der Waals surface area contributed by atoms with Crippen molar-refractivity contribution in [2.24, 2.45) is 5.73 Å². The number of terminal acetylenes is 1. The fourth-order valence-corrected chi connectivity index (χ4v) is 2.53. The molecule has 110 valence electrons. The van der Waals surface area contributed by atoms with Crippen LogP contribution in [-0.2, 0) is 11.3 Å². The smallest absolute Gasteiger partial charge is 0.273 e. The Balaban J connectivity index is 2.06. The van der Waals surface area contributed by atoms with Gasteiger partial charge in [0, 0.05) is 12.1 Å². The Labute approximate surface area is 129 Å². The average molecular weight is 292 g/mol. The van der Waals surface area contributed by atoms with Crippen LogP contribution < -0.4 is 15.4 Å². The van der Waals surface area contributed by atoms with E-state index in [2.05, 4.69) is 5.92 Å². The van der Waals surface area contributed by atoms with Gasteiger partial charge in [-0.3, -0.25) is 9.69 Å². The first-order valence-electron chi connectivity index (χ1n) is 7.04. The average Bonchev–Trinajstić information content (AvgIpc) is 2.57. The first-order chi connectivity index (χ1) is 10.7. The summed E-state index contributed by atoms with van der Waals surface area (Å²) in [6.07, 6.45) is 4.73. The van der Waals surface area contributed by atoms with Crippen LogP contribution in [0.1, 0.15) is 17.2 Å². The quantitative estimate of drug-likeness (QED) is 0.883. The Morgan fingerprint density at radius 2 is 2.00 bits per heavy atom. The van der Waals surface area contributed by atoms with Crippen LogP contribution in [0.15, 0.2) is 48.5 Å². The Morgan fingerprint density at radius 3 is 2.68 bits per heavy atom. The van der Waals surface area contributed by atoms with E-state index in [1.165, 1.54) is 0 Å². The lowest BCUT2D eigenvalue weighted by Gasteiger charge is -2.33. The van der Waals surface area contributed by atoms with Gasteiger partial charge in [-0.05, 0) is 17.7 Å². The number of rotatable bonds is 3. The maximum absolute atomic E-state index is 12.7. The van der Waals surface area contributed by atoms with Crippen molar-refractivity contribution in [3.63, 3.8) is 0 Å². The predicted molar refractivity (Wildman–Crippen MR) is 85.3 cm³/mol. The van der Waals surface area contributed by atoms with Crippen molar-refractivity contribution >= 4 is 11.6 Å². The molecule has 0 aliphatic carbocycles. The first-order valence-corrected chi connectivity index (χ1v) is 7.04. The number of hydrogen-bond donors (Lipinski definition) is 1. The zero-order valence-corrected chi connectivity index (χ0v) is 12.0. The van der Waals surface area contributed by atoms with Crippen molar-refractivity contribution in [3.8, 4) is 18.1 Å². The van der Waals surface area contributed by atoms with E-state index in [0.717, 1.165) is 11.1 Å². The minimum absolute atomic E-state index is 0.155. The van der Waals surface area contributed by atoms with E-state index in [1.807, 2.05) is 48.5 Å². The molecular formula is C18H16N2O2. The van der Waals surface area contributed by atoms with Gasteiger partial charge in [-0.2, -0.15) is 0 Å². The summed E-state index contributed by atoms with van der Waals surface area (Å²) in [4.78, 5) is 14.3. The van der Waals surface area contributed by atoms with Crippen LogP contribution in [0, 0.1) is 12.3 Å². The van der Waals surface area contributed by atoms with Gasteiger partial charge in [0.15, 0.2) is 0 Å². The summed E-state index contributed by atoms with van der Waals surface area (Å²) < 4.78 is 5.93. The number of fused-ring (bicyclic) bond motifs is 1. The van der Waals surface area contributed by atoms with Crippen LogP contribution in [0.5, 0.6) is 5.75 Å². The van der Waals surface area contributed by atoms with Gasteiger partial charge in [0.2, 0.25) is 6.10 Å². The second-order valence-electron chi connectivity index (χ2n) is 5.04. The SMILES string of the molecule is C#CCN1C(=O)C(c2ccccc2)Oc2cc(CN)ccc21. The molecule has 3 rings (SSSR count). The van der Waals surface area contributed by atoms with Gasteiger partial charge >= 0.3 is 0 Å². The van der Waals surface area contributed by atoms with Crippen LogP contribution in [0.3, 0.4) is 0 Å². The lowest BCUT2D eigenvalue weighted by molar-refractivity contribution is -0.126. The van der Waals surface area contributed by atoms with Crippen LogP contribution in [-0.4, -0.2) is 12.5 Å². The van der Waals surface area contributed by atoms with E-state index < -0.39 is 6.10 Å². The molecule has 0 radical (unpaired) electrons. The lowest BCUT2D eigenvalue weighted by atomic mass is 10.0. The molecule has 1 aliphatic rings. The molecule has 0 saturated carbocycles. The number of nitrogens with two attached hydrogens (primary N) is 1. The maximum Gasteiger partial charge on any atom is 0.273 e. The molecule has 1 aliphatic heterocycles. The molecule has 0 spiro atoms. The molecule has 1 heterocycles. The van der Waals surface area contributed by atoms with Gasteiger partial charge in [0.1, 0.15) is 5.75 Å². The number of carbonyl (C=O) groups excluding carboxylic acids is 1. The van der Waals surface area contributed by atoms with E-state index in [9.17, 15) is 4.79 Å². The van der Waals surface area contributed by atoms with Gasteiger partial charge in [-0.25, -0.2) is 0 Å². The highest BCUT2D eigenvalue weighted by molar-refractivity contribution is 6.01. The third kappa shape index (κ3) is 2.43. The van der Waals surface area contributed by atoms with E-state index in [-0.39, 0.29) is 12.5 Å². The second-order valence-corrected chi connectivity index (χ2v) is 5.04. The van der Waals surface area contributed by atoms with Gasteiger partial charge in [-0.15, -0.1) is 6.42 Å². The lowest BCUT2D eigenvalue weighted by Crippen LogP contribution is -2.41. The van der Waals surface area contributed by atoms with Crippen LogP contribution >= 0.6 is 0 Å². The van der Waals surface area contributed by atoms with E-state index >= 15 is 0 Å². The number of hydrogen-bond acceptors (Lipinski definition) is 3. The molecule has 2 N–H and O–H groups in total. The van der Waals surface area contributed by atoms with Crippen molar-refractivity contribution in [2.45, 2.75) is 12.6 Å². The summed E-state index contributed by atoms with van der Waals surface area (Å²) >= 11 is 0. The summed E-state index contributed by atoms with van der Waals surface area (Å²) in [5.41, 5.74) is 8.12. The highest BCUT2D eigenvalue weighted by Crippen LogP contribution is 2.39. The fraction of sp³-hybridized carbons (Fsp3) is 0.167. The number of nitrogens with zero attached hydrogens (tertiary/aromatic N) is 1. The van der Waals surface area contributed by atoms with Crippen molar-refractivity contribution < 1.29 is 9.53 Å². The Hall–Kier alpha value is -2.77. The van der Waals surface area contributed by atoms with Crippen LogP contribution in [0.25, 0.3) is 0 Å². The van der Waals surface area contributed by atoms with Crippen LogP contribution in [0.2, 0.25) is 0 Å². The third-order valence-corrected chi connectivity index (χ3v) is 3.64. The number of anilines is 1. The molecule has 0 aromatic heterocycles. The Morgan fingerprint density at radius 1 is 1.23 bits per heavy atom. The van der Waals surface area contributed by atoms with Gasteiger partial charge in [-0.1, -0.05) is 42.3 Å². The topological polar surface area (TPSA) is 55.6 Å². The third-order valence-electron chi connectivity index (χ3n) is 3.64. The minimum Gasteiger partial charge on any atom is -0.474 e. The highest BCUT2D eigenvalue weighted by atomic mass is 16.5. The predicted octanol–water partition coefficient (Wildman–Crippen LogP) is 2.25. The van der Waals surface area contributed by atoms with E-state index in [0.29, 0.717) is 18.0 Å². The fourth-order valence-electron chi connectivity index (χ4n) is 2.53. The zero-order valence-electron chi connectivity index (χ0n) is 12.0. The summed E-state index contributed by atoms with van der Waals surface area (Å²) in [5.74, 6) is 3.01. The summed E-state index contributed by atoms with van der Waals surface area (Å²) in [6.45, 7) is 0.621. The molecule has 4 heteroatoms. The molecule has 0 fully saturated rings. The first kappa shape index (κ1) is 14.2. The van der Waals surface area contributed by atoms with Crippen molar-refractivity contribution in [1.29, 1.82) is 0 Å². The molecule has 0 bridgehead atoms. The Kier molecular flexibility index (Phi) is 3.82. The number of amides is 1.